The topological polar surface area (TPSA) is 58.0 Å². The molecular weight excluding hydrogens is 306 g/mol. The molecule has 2 N–H and O–H groups in total. The highest BCUT2D eigenvalue weighted by Gasteiger charge is 2.22. The van der Waals surface area contributed by atoms with Crippen molar-refractivity contribution >= 4 is 27.4 Å². The second kappa shape index (κ2) is 6.64. The van der Waals surface area contributed by atoms with Crippen LogP contribution in [0.1, 0.15) is 30.7 Å². The van der Waals surface area contributed by atoms with Crippen molar-refractivity contribution in [1.82, 2.24) is 9.97 Å². The van der Waals surface area contributed by atoms with E-state index < -0.39 is 5.60 Å². The SMILES string of the molecule is CCc1cc2c(NCCC(C)(O)c3ccccc3)ncnc2s1. The molecule has 0 aliphatic heterocycles. The molecule has 0 fully saturated rings. The van der Waals surface area contributed by atoms with Crippen LogP contribution >= 0.6 is 11.3 Å². The molecule has 1 unspecified atom stereocenters. The molecular formula is C18H21N3OS. The summed E-state index contributed by atoms with van der Waals surface area (Å²) in [7, 11) is 0. The maximum Gasteiger partial charge on any atom is 0.138 e. The van der Waals surface area contributed by atoms with Crippen LogP contribution in [0.4, 0.5) is 5.82 Å². The Morgan fingerprint density at radius 2 is 2.00 bits per heavy atom. The Morgan fingerprint density at radius 1 is 1.22 bits per heavy atom. The molecule has 5 heteroatoms. The van der Waals surface area contributed by atoms with Crippen molar-refractivity contribution < 1.29 is 5.11 Å². The number of fused-ring (bicyclic) bond motifs is 1. The van der Waals surface area contributed by atoms with Crippen LogP contribution in [0.2, 0.25) is 0 Å². The van der Waals surface area contributed by atoms with Gasteiger partial charge in [0, 0.05) is 11.4 Å². The second-order valence-electron chi connectivity index (χ2n) is 5.82. The standard InChI is InChI=1S/C18H21N3OS/c1-3-14-11-15-16(20-12-21-17(15)23-14)19-10-9-18(2,22)13-7-5-4-6-8-13/h4-8,11-12,22H,3,9-10H2,1-2H3,(H,19,20,21). The average Bonchev–Trinajstić information content (AvgIpc) is 3.00. The highest BCUT2D eigenvalue weighted by atomic mass is 32.1. The van der Waals surface area contributed by atoms with Crippen molar-refractivity contribution in [1.29, 1.82) is 0 Å². The van der Waals surface area contributed by atoms with Crippen molar-refractivity contribution in [3.63, 3.8) is 0 Å². The zero-order valence-corrected chi connectivity index (χ0v) is 14.2. The van der Waals surface area contributed by atoms with E-state index in [0.29, 0.717) is 13.0 Å². The van der Waals surface area contributed by atoms with Crippen LogP contribution in [-0.2, 0) is 12.0 Å². The Kier molecular flexibility index (Phi) is 4.59. The number of rotatable bonds is 6. The van der Waals surface area contributed by atoms with Gasteiger partial charge in [-0.3, -0.25) is 0 Å². The van der Waals surface area contributed by atoms with Gasteiger partial charge in [-0.15, -0.1) is 11.3 Å². The fourth-order valence-electron chi connectivity index (χ4n) is 2.59. The lowest BCUT2D eigenvalue weighted by molar-refractivity contribution is 0.0515. The fraction of sp³-hybridized carbons (Fsp3) is 0.333. The zero-order chi connectivity index (χ0) is 16.3. The number of aryl methyl sites for hydroxylation is 1. The number of aliphatic hydroxyl groups is 1. The third kappa shape index (κ3) is 3.51. The lowest BCUT2D eigenvalue weighted by Crippen LogP contribution is -2.24. The second-order valence-corrected chi connectivity index (χ2v) is 6.94. The summed E-state index contributed by atoms with van der Waals surface area (Å²) in [6.45, 7) is 4.63. The van der Waals surface area contributed by atoms with Gasteiger partial charge in [0.1, 0.15) is 17.0 Å². The third-order valence-corrected chi connectivity index (χ3v) is 5.22. The van der Waals surface area contributed by atoms with Crippen LogP contribution in [0.3, 0.4) is 0 Å². The number of aromatic nitrogens is 2. The Balaban J connectivity index is 1.70. The third-order valence-electron chi connectivity index (χ3n) is 4.03. The maximum absolute atomic E-state index is 10.6. The molecule has 0 aliphatic carbocycles. The predicted molar refractivity (Wildman–Crippen MR) is 95.9 cm³/mol. The lowest BCUT2D eigenvalue weighted by atomic mass is 9.93. The quantitative estimate of drug-likeness (QED) is 0.719. The fourth-order valence-corrected chi connectivity index (χ4v) is 3.52. The molecule has 3 aromatic rings. The van der Waals surface area contributed by atoms with Crippen molar-refractivity contribution in [3.05, 3.63) is 53.2 Å². The van der Waals surface area contributed by atoms with E-state index in [1.165, 1.54) is 4.88 Å². The van der Waals surface area contributed by atoms with Crippen LogP contribution in [0.15, 0.2) is 42.7 Å². The highest BCUT2D eigenvalue weighted by molar-refractivity contribution is 7.18. The summed E-state index contributed by atoms with van der Waals surface area (Å²) < 4.78 is 0. The van der Waals surface area contributed by atoms with E-state index in [2.05, 4.69) is 28.3 Å². The monoisotopic (exact) mass is 327 g/mol. The number of hydrogen-bond acceptors (Lipinski definition) is 5. The minimum atomic E-state index is -0.858. The molecule has 3 rings (SSSR count). The number of nitrogens with zero attached hydrogens (tertiary/aromatic N) is 2. The van der Waals surface area contributed by atoms with Crippen molar-refractivity contribution in [2.45, 2.75) is 32.3 Å². The average molecular weight is 327 g/mol. The summed E-state index contributed by atoms with van der Waals surface area (Å²) in [5.41, 5.74) is 0.0716. The van der Waals surface area contributed by atoms with Gasteiger partial charge in [0.15, 0.2) is 0 Å². The number of benzene rings is 1. The molecule has 0 aliphatic rings. The van der Waals surface area contributed by atoms with E-state index in [1.807, 2.05) is 37.3 Å². The number of anilines is 1. The molecule has 0 radical (unpaired) electrons. The molecule has 0 amide bonds. The van der Waals surface area contributed by atoms with Gasteiger partial charge < -0.3 is 10.4 Å². The summed E-state index contributed by atoms with van der Waals surface area (Å²) in [6.07, 6.45) is 3.20. The Morgan fingerprint density at radius 3 is 2.74 bits per heavy atom. The first-order valence-electron chi connectivity index (χ1n) is 7.85. The first-order chi connectivity index (χ1) is 11.1. The van der Waals surface area contributed by atoms with Gasteiger partial charge in [-0.05, 0) is 31.4 Å². The molecule has 0 saturated heterocycles. The van der Waals surface area contributed by atoms with Crippen LogP contribution in [0, 0.1) is 0 Å². The van der Waals surface area contributed by atoms with E-state index in [4.69, 9.17) is 0 Å². The summed E-state index contributed by atoms with van der Waals surface area (Å²) in [6, 6.07) is 11.9. The molecule has 120 valence electrons. The van der Waals surface area contributed by atoms with Gasteiger partial charge >= 0.3 is 0 Å². The van der Waals surface area contributed by atoms with Crippen LogP contribution in [-0.4, -0.2) is 21.6 Å². The summed E-state index contributed by atoms with van der Waals surface area (Å²) in [5.74, 6) is 0.842. The molecule has 2 aromatic heterocycles. The summed E-state index contributed by atoms with van der Waals surface area (Å²) in [4.78, 5) is 11.0. The maximum atomic E-state index is 10.6. The zero-order valence-electron chi connectivity index (χ0n) is 13.4. The van der Waals surface area contributed by atoms with E-state index in [-0.39, 0.29) is 0 Å². The first-order valence-corrected chi connectivity index (χ1v) is 8.67. The van der Waals surface area contributed by atoms with E-state index in [1.54, 1.807) is 17.7 Å². The van der Waals surface area contributed by atoms with Crippen LogP contribution in [0.5, 0.6) is 0 Å². The first kappa shape index (κ1) is 15.9. The van der Waals surface area contributed by atoms with Gasteiger partial charge in [0.25, 0.3) is 0 Å². The van der Waals surface area contributed by atoms with Crippen molar-refractivity contribution in [3.8, 4) is 0 Å². The minimum absolute atomic E-state index is 0.604. The number of thiophene rings is 1. The summed E-state index contributed by atoms with van der Waals surface area (Å²) >= 11 is 1.71. The Bertz CT molecular complexity index is 783. The van der Waals surface area contributed by atoms with E-state index in [0.717, 1.165) is 28.0 Å². The van der Waals surface area contributed by atoms with Crippen molar-refractivity contribution in [2.75, 3.05) is 11.9 Å². The predicted octanol–water partition coefficient (Wildman–Crippen LogP) is 3.96. The molecule has 4 nitrogen and oxygen atoms in total. The number of hydrogen-bond donors (Lipinski definition) is 2. The van der Waals surface area contributed by atoms with Crippen LogP contribution < -0.4 is 5.32 Å². The number of nitrogens with one attached hydrogen (secondary N) is 1. The highest BCUT2D eigenvalue weighted by Crippen LogP contribution is 2.29. The van der Waals surface area contributed by atoms with Gasteiger partial charge in [-0.25, -0.2) is 9.97 Å². The lowest BCUT2D eigenvalue weighted by Gasteiger charge is -2.24. The van der Waals surface area contributed by atoms with Gasteiger partial charge in [0.05, 0.1) is 11.0 Å². The largest absolute Gasteiger partial charge is 0.385 e. The van der Waals surface area contributed by atoms with Gasteiger partial charge in [-0.1, -0.05) is 37.3 Å². The summed E-state index contributed by atoms with van der Waals surface area (Å²) in [5, 5.41) is 15.1. The Hall–Kier alpha value is -1.98. The minimum Gasteiger partial charge on any atom is -0.385 e. The van der Waals surface area contributed by atoms with E-state index in [9.17, 15) is 5.11 Å². The smallest absolute Gasteiger partial charge is 0.138 e. The molecule has 1 atom stereocenters. The molecule has 2 heterocycles. The molecule has 0 spiro atoms. The molecule has 0 saturated carbocycles. The molecule has 23 heavy (non-hydrogen) atoms. The molecule has 0 bridgehead atoms. The van der Waals surface area contributed by atoms with Gasteiger partial charge in [0.2, 0.25) is 0 Å². The Labute approximate surface area is 140 Å². The van der Waals surface area contributed by atoms with E-state index >= 15 is 0 Å². The molecule has 1 aromatic carbocycles. The van der Waals surface area contributed by atoms with Gasteiger partial charge in [-0.2, -0.15) is 0 Å². The van der Waals surface area contributed by atoms with Crippen molar-refractivity contribution in [2.24, 2.45) is 0 Å². The normalized spacial score (nSPS) is 13.9. The van der Waals surface area contributed by atoms with Crippen LogP contribution in [0.25, 0.3) is 10.2 Å².